The van der Waals surface area contributed by atoms with Crippen molar-refractivity contribution >= 4 is 23.7 Å². The van der Waals surface area contributed by atoms with E-state index in [-0.39, 0.29) is 18.6 Å². The van der Waals surface area contributed by atoms with Crippen LogP contribution in [0.3, 0.4) is 0 Å². The summed E-state index contributed by atoms with van der Waals surface area (Å²) < 4.78 is 4.87. The second-order valence-corrected chi connectivity index (χ2v) is 5.85. The van der Waals surface area contributed by atoms with Crippen molar-refractivity contribution in [1.29, 1.82) is 0 Å². The molecule has 0 unspecified atom stereocenters. The van der Waals surface area contributed by atoms with Crippen LogP contribution < -0.4 is 11.1 Å². The summed E-state index contributed by atoms with van der Waals surface area (Å²) >= 11 is 0. The van der Waals surface area contributed by atoms with E-state index in [1.807, 2.05) is 47.8 Å². The number of urea groups is 1. The first kappa shape index (κ1) is 19.8. The van der Waals surface area contributed by atoms with Crippen LogP contribution >= 0.6 is 0 Å². The maximum Gasteiger partial charge on any atom is 0.318 e. The van der Waals surface area contributed by atoms with Gasteiger partial charge >= 0.3 is 12.0 Å². The van der Waals surface area contributed by atoms with Crippen molar-refractivity contribution in [2.45, 2.75) is 25.9 Å². The van der Waals surface area contributed by atoms with Gasteiger partial charge in [0.1, 0.15) is 0 Å². The number of ketones is 1. The van der Waals surface area contributed by atoms with Crippen LogP contribution in [0, 0.1) is 0 Å². The summed E-state index contributed by atoms with van der Waals surface area (Å²) in [4.78, 5) is 46.0. The van der Waals surface area contributed by atoms with Gasteiger partial charge in [0.25, 0.3) is 5.91 Å². The van der Waals surface area contributed by atoms with Gasteiger partial charge in [0.2, 0.25) is 0 Å². The molecule has 0 aliphatic heterocycles. The minimum absolute atomic E-state index is 0.0479. The lowest BCUT2D eigenvalue weighted by molar-refractivity contribution is -0.154. The summed E-state index contributed by atoms with van der Waals surface area (Å²) in [5.74, 6) is -1.74. The number of hydrogen-bond donors (Lipinski definition) is 2. The Labute approximate surface area is 156 Å². The third kappa shape index (κ3) is 6.07. The molecule has 0 spiro atoms. The van der Waals surface area contributed by atoms with Gasteiger partial charge < -0.3 is 10.5 Å². The lowest BCUT2D eigenvalue weighted by Gasteiger charge is -2.11. The van der Waals surface area contributed by atoms with Gasteiger partial charge in [0, 0.05) is 12.0 Å². The van der Waals surface area contributed by atoms with E-state index < -0.39 is 24.0 Å². The summed E-state index contributed by atoms with van der Waals surface area (Å²) in [5.41, 5.74) is 7.34. The number of nitrogens with one attached hydrogen (secondary N) is 1. The molecule has 2 aromatic carbocycles. The van der Waals surface area contributed by atoms with E-state index >= 15 is 0 Å². The summed E-state index contributed by atoms with van der Waals surface area (Å²) in [5, 5.41) is 1.81. The molecule has 3 N–H and O–H groups in total. The fraction of sp³-hybridized carbons (Fsp3) is 0.200. The predicted molar refractivity (Wildman–Crippen MR) is 98.7 cm³/mol. The monoisotopic (exact) mass is 368 g/mol. The SMILES string of the molecule is C[C@@H](OC(=O)CCC(=O)c1ccc(-c2ccccc2)cc1)C(=O)NC(N)=O. The molecule has 1 atom stereocenters. The zero-order valence-corrected chi connectivity index (χ0v) is 14.8. The fourth-order valence-corrected chi connectivity index (χ4v) is 2.37. The van der Waals surface area contributed by atoms with Gasteiger partial charge in [-0.3, -0.25) is 19.7 Å². The van der Waals surface area contributed by atoms with Crippen molar-refractivity contribution in [3.8, 4) is 11.1 Å². The molecule has 2 aromatic rings. The third-order valence-corrected chi connectivity index (χ3v) is 3.79. The van der Waals surface area contributed by atoms with Gasteiger partial charge in [-0.2, -0.15) is 0 Å². The molecule has 3 amide bonds. The second-order valence-electron chi connectivity index (χ2n) is 5.85. The van der Waals surface area contributed by atoms with Crippen molar-refractivity contribution in [2.24, 2.45) is 5.73 Å². The van der Waals surface area contributed by atoms with E-state index in [0.717, 1.165) is 11.1 Å². The molecule has 0 radical (unpaired) electrons. The van der Waals surface area contributed by atoms with E-state index in [1.165, 1.54) is 6.92 Å². The highest BCUT2D eigenvalue weighted by molar-refractivity contribution is 5.98. The summed E-state index contributed by atoms with van der Waals surface area (Å²) in [6.07, 6.45) is -1.40. The molecule has 0 saturated carbocycles. The highest BCUT2D eigenvalue weighted by Gasteiger charge is 2.19. The van der Waals surface area contributed by atoms with Gasteiger partial charge in [0.15, 0.2) is 11.9 Å². The maximum atomic E-state index is 12.2. The number of benzene rings is 2. The fourth-order valence-electron chi connectivity index (χ4n) is 2.37. The van der Waals surface area contributed by atoms with E-state index in [2.05, 4.69) is 0 Å². The number of carbonyl (C=O) groups is 4. The topological polar surface area (TPSA) is 116 Å². The van der Waals surface area contributed by atoms with Gasteiger partial charge in [-0.05, 0) is 18.1 Å². The molecule has 7 nitrogen and oxygen atoms in total. The number of rotatable bonds is 7. The summed E-state index contributed by atoms with van der Waals surface area (Å²) in [6.45, 7) is 1.31. The number of primary amides is 1. The smallest absolute Gasteiger partial charge is 0.318 e. The summed E-state index contributed by atoms with van der Waals surface area (Å²) in [6, 6.07) is 15.8. The average Bonchev–Trinajstić information content (AvgIpc) is 2.66. The molecular formula is C20H20N2O5. The molecule has 7 heteroatoms. The molecule has 27 heavy (non-hydrogen) atoms. The van der Waals surface area contributed by atoms with Crippen molar-refractivity contribution < 1.29 is 23.9 Å². The molecule has 0 fully saturated rings. The predicted octanol–water partition coefficient (Wildman–Crippen LogP) is 2.44. The third-order valence-electron chi connectivity index (χ3n) is 3.79. The van der Waals surface area contributed by atoms with Crippen LogP contribution in [-0.2, 0) is 14.3 Å². The van der Waals surface area contributed by atoms with E-state index in [0.29, 0.717) is 5.56 Å². The zero-order valence-electron chi connectivity index (χ0n) is 14.8. The minimum atomic E-state index is -1.18. The molecular weight excluding hydrogens is 348 g/mol. The van der Waals surface area contributed by atoms with Crippen LogP contribution in [0.5, 0.6) is 0 Å². The number of esters is 1. The Kier molecular flexibility index (Phi) is 6.82. The number of nitrogens with two attached hydrogens (primary N) is 1. The summed E-state index contributed by atoms with van der Waals surface area (Å²) in [7, 11) is 0. The van der Waals surface area contributed by atoms with Crippen molar-refractivity contribution in [1.82, 2.24) is 5.32 Å². The van der Waals surface area contributed by atoms with Gasteiger partial charge in [0.05, 0.1) is 6.42 Å². The molecule has 0 bridgehead atoms. The quantitative estimate of drug-likeness (QED) is 0.575. The Morgan fingerprint density at radius 3 is 2.11 bits per heavy atom. The molecule has 0 aliphatic carbocycles. The van der Waals surface area contributed by atoms with Gasteiger partial charge in [-0.1, -0.05) is 54.6 Å². The van der Waals surface area contributed by atoms with Crippen LogP contribution in [0.2, 0.25) is 0 Å². The zero-order chi connectivity index (χ0) is 19.8. The first-order valence-corrected chi connectivity index (χ1v) is 8.35. The lowest BCUT2D eigenvalue weighted by Crippen LogP contribution is -2.42. The Balaban J connectivity index is 1.85. The molecule has 140 valence electrons. The highest BCUT2D eigenvalue weighted by Crippen LogP contribution is 2.20. The van der Waals surface area contributed by atoms with Gasteiger partial charge in [-0.15, -0.1) is 0 Å². The molecule has 0 aromatic heterocycles. The van der Waals surface area contributed by atoms with Crippen molar-refractivity contribution in [3.63, 3.8) is 0 Å². The van der Waals surface area contributed by atoms with Crippen LogP contribution in [0.1, 0.15) is 30.1 Å². The Bertz CT molecular complexity index is 831. The Morgan fingerprint density at radius 2 is 1.52 bits per heavy atom. The van der Waals surface area contributed by atoms with E-state index in [9.17, 15) is 19.2 Å². The Morgan fingerprint density at radius 1 is 0.926 bits per heavy atom. The second kappa shape index (κ2) is 9.28. The number of ether oxygens (including phenoxy) is 1. The van der Waals surface area contributed by atoms with Crippen LogP contribution in [0.15, 0.2) is 54.6 Å². The molecule has 0 saturated heterocycles. The lowest BCUT2D eigenvalue weighted by atomic mass is 10.0. The molecule has 0 aliphatic rings. The Hall–Kier alpha value is -3.48. The standard InChI is InChI=1S/C20H20N2O5/c1-13(19(25)22-20(21)26)27-18(24)12-11-17(23)16-9-7-15(8-10-16)14-5-3-2-4-6-14/h2-10,13H,11-12H2,1H3,(H3,21,22,25,26)/t13-/m1/s1. The van der Waals surface area contributed by atoms with Crippen LogP contribution in [0.25, 0.3) is 11.1 Å². The number of imide groups is 1. The number of amides is 3. The normalized spacial score (nSPS) is 11.3. The van der Waals surface area contributed by atoms with E-state index in [4.69, 9.17) is 10.5 Å². The maximum absolute atomic E-state index is 12.2. The van der Waals surface area contributed by atoms with Crippen molar-refractivity contribution in [2.75, 3.05) is 0 Å². The van der Waals surface area contributed by atoms with Gasteiger partial charge in [-0.25, -0.2) is 4.79 Å². The highest BCUT2D eigenvalue weighted by atomic mass is 16.5. The van der Waals surface area contributed by atoms with Crippen LogP contribution in [0.4, 0.5) is 4.79 Å². The first-order chi connectivity index (χ1) is 12.9. The van der Waals surface area contributed by atoms with Crippen molar-refractivity contribution in [3.05, 3.63) is 60.2 Å². The first-order valence-electron chi connectivity index (χ1n) is 8.35. The van der Waals surface area contributed by atoms with Crippen LogP contribution in [-0.4, -0.2) is 29.8 Å². The molecule has 0 heterocycles. The number of Topliss-reactive ketones (excluding diaryl/α,β-unsaturated/α-hetero) is 1. The minimum Gasteiger partial charge on any atom is -0.453 e. The molecule has 2 rings (SSSR count). The number of carbonyl (C=O) groups excluding carboxylic acids is 4. The van der Waals surface area contributed by atoms with E-state index in [1.54, 1.807) is 12.1 Å². The average molecular weight is 368 g/mol. The largest absolute Gasteiger partial charge is 0.453 e. The number of hydrogen-bond acceptors (Lipinski definition) is 5.